The van der Waals surface area contributed by atoms with Gasteiger partial charge in [-0.15, -0.1) is 0 Å². The molecule has 0 radical (unpaired) electrons. The number of rotatable bonds is 2. The van der Waals surface area contributed by atoms with Gasteiger partial charge in [-0.05, 0) is 17.7 Å². The summed E-state index contributed by atoms with van der Waals surface area (Å²) in [7, 11) is 0. The van der Waals surface area contributed by atoms with E-state index in [2.05, 4.69) is 4.98 Å². The van der Waals surface area contributed by atoms with Gasteiger partial charge in [-0.3, -0.25) is 4.98 Å². The average molecular weight is 240 g/mol. The Labute approximate surface area is 96.3 Å². The summed E-state index contributed by atoms with van der Waals surface area (Å²) in [6.45, 7) is -0.461. The Hall–Kier alpha value is -1.62. The topological polar surface area (TPSA) is 38.9 Å². The number of aromatic nitrogens is 1. The van der Waals surface area contributed by atoms with Crippen LogP contribution in [0.25, 0.3) is 10.9 Å². The van der Waals surface area contributed by atoms with Crippen LogP contribution in [0.4, 0.5) is 13.2 Å². The third kappa shape index (κ3) is 2.24. The predicted molar refractivity (Wildman–Crippen MR) is 59.6 cm³/mol. The van der Waals surface area contributed by atoms with Crippen LogP contribution >= 0.6 is 0 Å². The van der Waals surface area contributed by atoms with Gasteiger partial charge in [0.2, 0.25) is 0 Å². The maximum Gasteiger partial charge on any atom is 0.396 e. The summed E-state index contributed by atoms with van der Waals surface area (Å²) in [6, 6.07) is 8.13. The first-order chi connectivity index (χ1) is 8.04. The molecule has 2 rings (SSSR count). The highest BCUT2D eigenvalue weighted by Crippen LogP contribution is 2.36. The molecule has 0 aliphatic carbocycles. The van der Waals surface area contributed by atoms with Crippen LogP contribution in [0.2, 0.25) is 0 Å². The van der Waals surface area contributed by atoms with E-state index in [0.717, 1.165) is 0 Å². The van der Waals surface area contributed by atoms with Crippen LogP contribution in [0.15, 0.2) is 36.5 Å². The number of pyridine rings is 1. The smallest absolute Gasteiger partial charge is 0.330 e. The van der Waals surface area contributed by atoms with Crippen molar-refractivity contribution in [1.29, 1.82) is 0 Å². The maximum atomic E-state index is 12.8. The van der Waals surface area contributed by atoms with Crippen LogP contribution in [0.5, 0.6) is 0 Å². The Morgan fingerprint density at radius 1 is 1.18 bits per heavy atom. The van der Waals surface area contributed by atoms with Gasteiger partial charge >= 0.3 is 6.18 Å². The van der Waals surface area contributed by atoms with Crippen molar-refractivity contribution >= 4 is 10.9 Å². The number of fused-ring (bicyclic) bond motifs is 1. The van der Waals surface area contributed by atoms with Crippen molar-refractivity contribution in [3.8, 4) is 0 Å². The van der Waals surface area contributed by atoms with Gasteiger partial charge in [0, 0.05) is 18.1 Å². The zero-order chi connectivity index (χ0) is 12.5. The summed E-state index contributed by atoms with van der Waals surface area (Å²) >= 11 is 0. The van der Waals surface area contributed by atoms with Crippen molar-refractivity contribution in [1.82, 2.24) is 4.98 Å². The molecule has 0 fully saturated rings. The number of hydrogen-bond acceptors (Lipinski definition) is 2. The van der Waals surface area contributed by atoms with E-state index in [1.807, 2.05) is 0 Å². The van der Waals surface area contributed by atoms with Crippen LogP contribution in [-0.2, 0) is 0 Å². The molecular weight excluding hydrogens is 229 g/mol. The second-order valence-electron chi connectivity index (χ2n) is 3.75. The summed E-state index contributed by atoms with van der Waals surface area (Å²) < 4.78 is 38.5. The molecule has 0 aliphatic heterocycles. The fourth-order valence-electron chi connectivity index (χ4n) is 1.86. The molecular formula is C12H11F3N2. The lowest BCUT2D eigenvalue weighted by atomic mass is 9.95. The second-order valence-corrected chi connectivity index (χ2v) is 3.75. The van der Waals surface area contributed by atoms with Gasteiger partial charge in [-0.2, -0.15) is 13.2 Å². The van der Waals surface area contributed by atoms with Crippen LogP contribution < -0.4 is 5.73 Å². The van der Waals surface area contributed by atoms with Crippen LogP contribution in [0.1, 0.15) is 11.5 Å². The molecule has 0 saturated carbocycles. The van der Waals surface area contributed by atoms with E-state index >= 15 is 0 Å². The molecule has 2 aromatic rings. The Balaban J connectivity index is 2.62. The minimum absolute atomic E-state index is 0.186. The second kappa shape index (κ2) is 4.33. The largest absolute Gasteiger partial charge is 0.396 e. The fraction of sp³-hybridized carbons (Fsp3) is 0.250. The molecule has 2 N–H and O–H groups in total. The third-order valence-electron chi connectivity index (χ3n) is 2.69. The number of para-hydroxylation sites is 1. The van der Waals surface area contributed by atoms with Gasteiger partial charge < -0.3 is 5.73 Å². The van der Waals surface area contributed by atoms with Gasteiger partial charge in [0.25, 0.3) is 0 Å². The van der Waals surface area contributed by atoms with Gasteiger partial charge in [-0.25, -0.2) is 0 Å². The fourth-order valence-corrected chi connectivity index (χ4v) is 1.86. The molecule has 1 atom stereocenters. The summed E-state index contributed by atoms with van der Waals surface area (Å²) in [5, 5.41) is 0.503. The maximum absolute atomic E-state index is 12.8. The highest BCUT2D eigenvalue weighted by molar-refractivity contribution is 5.82. The number of hydrogen-bond donors (Lipinski definition) is 1. The number of nitrogens with zero attached hydrogens (tertiary/aromatic N) is 1. The van der Waals surface area contributed by atoms with Crippen molar-refractivity contribution < 1.29 is 13.2 Å². The molecule has 0 bridgehead atoms. The Morgan fingerprint density at radius 3 is 2.53 bits per heavy atom. The lowest BCUT2D eigenvalue weighted by molar-refractivity contribution is -0.147. The number of nitrogens with two attached hydrogens (primary N) is 1. The molecule has 0 spiro atoms. The van der Waals surface area contributed by atoms with Crippen molar-refractivity contribution in [2.24, 2.45) is 5.73 Å². The van der Waals surface area contributed by atoms with Crippen molar-refractivity contribution in [2.75, 3.05) is 6.54 Å². The molecule has 1 heterocycles. The van der Waals surface area contributed by atoms with E-state index in [0.29, 0.717) is 10.9 Å². The normalized spacial score (nSPS) is 13.9. The minimum Gasteiger partial charge on any atom is -0.330 e. The third-order valence-corrected chi connectivity index (χ3v) is 2.69. The zero-order valence-electron chi connectivity index (χ0n) is 8.91. The first-order valence-electron chi connectivity index (χ1n) is 5.14. The van der Waals surface area contributed by atoms with Crippen LogP contribution in [0.3, 0.4) is 0 Å². The first-order valence-corrected chi connectivity index (χ1v) is 5.14. The summed E-state index contributed by atoms with van der Waals surface area (Å²) in [6.07, 6.45) is -2.95. The molecule has 17 heavy (non-hydrogen) atoms. The van der Waals surface area contributed by atoms with Crippen molar-refractivity contribution in [3.63, 3.8) is 0 Å². The molecule has 0 saturated heterocycles. The monoisotopic (exact) mass is 240 g/mol. The SMILES string of the molecule is NCC(c1ccnc2ccccc12)C(F)(F)F. The Kier molecular flexibility index (Phi) is 3.02. The minimum atomic E-state index is -4.33. The Bertz CT molecular complexity index is 517. The summed E-state index contributed by atoms with van der Waals surface area (Å²) in [5.74, 6) is -1.64. The zero-order valence-corrected chi connectivity index (χ0v) is 8.91. The van der Waals surface area contributed by atoms with Gasteiger partial charge in [0.1, 0.15) is 0 Å². The molecule has 90 valence electrons. The number of halogens is 3. The molecule has 0 amide bonds. The summed E-state index contributed by atoms with van der Waals surface area (Å²) in [4.78, 5) is 4.03. The first kappa shape index (κ1) is 11.9. The number of benzene rings is 1. The number of alkyl halides is 3. The molecule has 5 heteroatoms. The lowest BCUT2D eigenvalue weighted by Crippen LogP contribution is -2.28. The summed E-state index contributed by atoms with van der Waals surface area (Å²) in [5.41, 5.74) is 5.98. The molecule has 2 nitrogen and oxygen atoms in total. The van der Waals surface area contributed by atoms with E-state index in [4.69, 9.17) is 5.73 Å². The van der Waals surface area contributed by atoms with E-state index in [9.17, 15) is 13.2 Å². The van der Waals surface area contributed by atoms with Gasteiger partial charge in [0.15, 0.2) is 0 Å². The molecule has 0 aliphatic rings. The molecule has 1 unspecified atom stereocenters. The van der Waals surface area contributed by atoms with Crippen molar-refractivity contribution in [3.05, 3.63) is 42.1 Å². The average Bonchev–Trinajstić information content (AvgIpc) is 2.28. The van der Waals surface area contributed by atoms with E-state index in [1.165, 1.54) is 12.3 Å². The van der Waals surface area contributed by atoms with E-state index in [1.54, 1.807) is 24.3 Å². The molecule has 1 aromatic carbocycles. The van der Waals surface area contributed by atoms with E-state index in [-0.39, 0.29) is 5.56 Å². The van der Waals surface area contributed by atoms with E-state index < -0.39 is 18.6 Å². The van der Waals surface area contributed by atoms with Gasteiger partial charge in [-0.1, -0.05) is 18.2 Å². The quantitative estimate of drug-likeness (QED) is 0.876. The highest BCUT2D eigenvalue weighted by atomic mass is 19.4. The van der Waals surface area contributed by atoms with Crippen LogP contribution in [0, 0.1) is 0 Å². The van der Waals surface area contributed by atoms with Crippen LogP contribution in [-0.4, -0.2) is 17.7 Å². The molecule has 1 aromatic heterocycles. The van der Waals surface area contributed by atoms with Crippen molar-refractivity contribution in [2.45, 2.75) is 12.1 Å². The van der Waals surface area contributed by atoms with Gasteiger partial charge in [0.05, 0.1) is 11.4 Å². The highest BCUT2D eigenvalue weighted by Gasteiger charge is 2.40. The Morgan fingerprint density at radius 2 is 1.88 bits per heavy atom. The lowest BCUT2D eigenvalue weighted by Gasteiger charge is -2.20. The standard InChI is InChI=1S/C12H11F3N2/c13-12(14,15)10(7-16)8-5-6-17-11-4-2-1-3-9(8)11/h1-6,10H,7,16H2. The predicted octanol–water partition coefficient (Wildman–Crippen LogP) is 2.84.